The monoisotopic (exact) mass is 320 g/mol. The number of aliphatic imine (C=N–C) groups is 1. The lowest BCUT2D eigenvalue weighted by Gasteiger charge is -2.33. The standard InChI is InChI=1S/C16H28N6O/c1-13(12-23-3)20-16(17)19-11-14-4-5-15(18-10-14)22-8-6-21(2)7-9-22/h4-5,10,13H,6-9,11-12H2,1-3H3,(H3,17,19,20). The maximum atomic E-state index is 5.86. The van der Waals surface area contributed by atoms with Crippen LogP contribution in [0.1, 0.15) is 12.5 Å². The number of ether oxygens (including phenoxy) is 1. The minimum Gasteiger partial charge on any atom is -0.383 e. The fourth-order valence-corrected chi connectivity index (χ4v) is 2.50. The van der Waals surface area contributed by atoms with Crippen molar-refractivity contribution in [2.24, 2.45) is 10.7 Å². The number of nitrogens with one attached hydrogen (secondary N) is 1. The highest BCUT2D eigenvalue weighted by atomic mass is 16.5. The Balaban J connectivity index is 1.85. The Morgan fingerprint density at radius 3 is 2.74 bits per heavy atom. The Kier molecular flexibility index (Phi) is 6.61. The fourth-order valence-electron chi connectivity index (χ4n) is 2.50. The van der Waals surface area contributed by atoms with E-state index in [-0.39, 0.29) is 6.04 Å². The van der Waals surface area contributed by atoms with Gasteiger partial charge in [-0.05, 0) is 25.6 Å². The van der Waals surface area contributed by atoms with Crippen molar-refractivity contribution in [1.29, 1.82) is 0 Å². The van der Waals surface area contributed by atoms with Gasteiger partial charge in [-0.1, -0.05) is 6.07 Å². The molecule has 7 heteroatoms. The van der Waals surface area contributed by atoms with Crippen molar-refractivity contribution >= 4 is 11.8 Å². The van der Waals surface area contributed by atoms with Crippen LogP contribution in [0.2, 0.25) is 0 Å². The van der Waals surface area contributed by atoms with E-state index in [1.165, 1.54) is 0 Å². The van der Waals surface area contributed by atoms with Crippen LogP contribution in [0.5, 0.6) is 0 Å². The van der Waals surface area contributed by atoms with Gasteiger partial charge >= 0.3 is 0 Å². The first-order chi connectivity index (χ1) is 11.1. The molecule has 2 heterocycles. The molecule has 3 N–H and O–H groups in total. The van der Waals surface area contributed by atoms with Crippen LogP contribution in [0.15, 0.2) is 23.3 Å². The zero-order valence-corrected chi connectivity index (χ0v) is 14.3. The SMILES string of the molecule is COCC(C)NC(N)=NCc1ccc(N2CCN(C)CC2)nc1. The van der Waals surface area contributed by atoms with E-state index in [1.54, 1.807) is 7.11 Å². The molecule has 1 fully saturated rings. The number of aromatic nitrogens is 1. The number of guanidine groups is 1. The van der Waals surface area contributed by atoms with E-state index < -0.39 is 0 Å². The third-order valence-electron chi connectivity index (χ3n) is 3.88. The number of piperazine rings is 1. The summed E-state index contributed by atoms with van der Waals surface area (Å²) in [6.45, 7) is 7.32. The molecule has 1 aromatic heterocycles. The second-order valence-corrected chi connectivity index (χ2v) is 6.02. The van der Waals surface area contributed by atoms with Gasteiger partial charge in [0.15, 0.2) is 5.96 Å². The average Bonchev–Trinajstić information content (AvgIpc) is 2.54. The molecule has 0 spiro atoms. The minimum atomic E-state index is 0.140. The summed E-state index contributed by atoms with van der Waals surface area (Å²) in [6, 6.07) is 4.27. The average molecular weight is 320 g/mol. The predicted molar refractivity (Wildman–Crippen MR) is 93.7 cm³/mol. The molecular weight excluding hydrogens is 292 g/mol. The van der Waals surface area contributed by atoms with Crippen molar-refractivity contribution in [3.63, 3.8) is 0 Å². The molecule has 1 aliphatic heterocycles. The van der Waals surface area contributed by atoms with Gasteiger partial charge in [0.25, 0.3) is 0 Å². The van der Waals surface area contributed by atoms with Crippen molar-refractivity contribution in [2.45, 2.75) is 19.5 Å². The number of pyridine rings is 1. The van der Waals surface area contributed by atoms with Crippen LogP contribution < -0.4 is 16.0 Å². The summed E-state index contributed by atoms with van der Waals surface area (Å²) in [5, 5.41) is 3.09. The summed E-state index contributed by atoms with van der Waals surface area (Å²) < 4.78 is 5.05. The zero-order valence-electron chi connectivity index (χ0n) is 14.3. The molecule has 0 bridgehead atoms. The molecule has 0 radical (unpaired) electrons. The van der Waals surface area contributed by atoms with E-state index in [4.69, 9.17) is 10.5 Å². The molecule has 1 aliphatic rings. The normalized spacial score (nSPS) is 18.0. The van der Waals surface area contributed by atoms with E-state index in [1.807, 2.05) is 13.1 Å². The Morgan fingerprint density at radius 1 is 1.39 bits per heavy atom. The first-order valence-corrected chi connectivity index (χ1v) is 8.02. The summed E-state index contributed by atoms with van der Waals surface area (Å²) in [7, 11) is 3.82. The van der Waals surface area contributed by atoms with E-state index >= 15 is 0 Å². The number of likely N-dealkylation sites (N-methyl/N-ethyl adjacent to an activating group) is 1. The largest absolute Gasteiger partial charge is 0.383 e. The lowest BCUT2D eigenvalue weighted by Crippen LogP contribution is -2.44. The highest BCUT2D eigenvalue weighted by Crippen LogP contribution is 2.13. The Morgan fingerprint density at radius 2 is 2.13 bits per heavy atom. The van der Waals surface area contributed by atoms with E-state index in [0.717, 1.165) is 37.6 Å². The third kappa shape index (κ3) is 5.69. The number of methoxy groups -OCH3 is 1. The van der Waals surface area contributed by atoms with Crippen molar-refractivity contribution in [3.05, 3.63) is 23.9 Å². The highest BCUT2D eigenvalue weighted by molar-refractivity contribution is 5.78. The topological polar surface area (TPSA) is 79.0 Å². The summed E-state index contributed by atoms with van der Waals surface area (Å²) in [6.07, 6.45) is 1.88. The second kappa shape index (κ2) is 8.69. The molecule has 1 unspecified atom stereocenters. The molecule has 1 atom stereocenters. The van der Waals surface area contributed by atoms with Gasteiger partial charge in [-0.15, -0.1) is 0 Å². The van der Waals surface area contributed by atoms with Gasteiger partial charge in [0.1, 0.15) is 5.82 Å². The van der Waals surface area contributed by atoms with Crippen molar-refractivity contribution in [1.82, 2.24) is 15.2 Å². The molecule has 0 aliphatic carbocycles. The smallest absolute Gasteiger partial charge is 0.189 e. The first kappa shape index (κ1) is 17.5. The first-order valence-electron chi connectivity index (χ1n) is 8.02. The third-order valence-corrected chi connectivity index (χ3v) is 3.88. The summed E-state index contributed by atoms with van der Waals surface area (Å²) in [4.78, 5) is 13.5. The van der Waals surface area contributed by atoms with Gasteiger partial charge in [0.2, 0.25) is 0 Å². The molecule has 0 aromatic carbocycles. The van der Waals surface area contributed by atoms with Crippen LogP contribution in [0, 0.1) is 0 Å². The van der Waals surface area contributed by atoms with Crippen LogP contribution >= 0.6 is 0 Å². The number of nitrogens with two attached hydrogens (primary N) is 1. The zero-order chi connectivity index (χ0) is 16.7. The molecule has 1 aromatic rings. The lowest BCUT2D eigenvalue weighted by atomic mass is 10.2. The van der Waals surface area contributed by atoms with Crippen LogP contribution in [0.25, 0.3) is 0 Å². The van der Waals surface area contributed by atoms with Crippen molar-refractivity contribution < 1.29 is 4.74 Å². The van der Waals surface area contributed by atoms with E-state index in [2.05, 4.69) is 44.3 Å². The fraction of sp³-hybridized carbons (Fsp3) is 0.625. The number of nitrogens with zero attached hydrogens (tertiary/aromatic N) is 4. The summed E-state index contributed by atoms with van der Waals surface area (Å²) in [5.74, 6) is 1.46. The molecule has 1 saturated heterocycles. The maximum Gasteiger partial charge on any atom is 0.189 e. The van der Waals surface area contributed by atoms with Gasteiger partial charge in [0, 0.05) is 45.5 Å². The Hall–Kier alpha value is -1.86. The van der Waals surface area contributed by atoms with Crippen molar-refractivity contribution in [3.8, 4) is 0 Å². The van der Waals surface area contributed by atoms with Gasteiger partial charge in [-0.2, -0.15) is 0 Å². The highest BCUT2D eigenvalue weighted by Gasteiger charge is 2.14. The quantitative estimate of drug-likeness (QED) is 0.579. The van der Waals surface area contributed by atoms with Crippen LogP contribution in [0.3, 0.4) is 0 Å². The Labute approximate surface area is 138 Å². The number of hydrogen-bond acceptors (Lipinski definition) is 5. The molecule has 7 nitrogen and oxygen atoms in total. The molecule has 0 saturated carbocycles. The number of anilines is 1. The van der Waals surface area contributed by atoms with Gasteiger partial charge in [-0.25, -0.2) is 9.98 Å². The van der Waals surface area contributed by atoms with Gasteiger partial charge in [0.05, 0.1) is 13.2 Å². The molecule has 0 amide bonds. The number of hydrogen-bond donors (Lipinski definition) is 2. The van der Waals surface area contributed by atoms with Gasteiger partial charge in [-0.3, -0.25) is 0 Å². The van der Waals surface area contributed by atoms with E-state index in [9.17, 15) is 0 Å². The van der Waals surface area contributed by atoms with Crippen molar-refractivity contribution in [2.75, 3.05) is 51.8 Å². The lowest BCUT2D eigenvalue weighted by molar-refractivity contribution is 0.179. The molecule has 128 valence electrons. The van der Waals surface area contributed by atoms with E-state index in [0.29, 0.717) is 19.1 Å². The predicted octanol–water partition coefficient (Wildman–Crippen LogP) is 0.273. The maximum absolute atomic E-state index is 5.86. The second-order valence-electron chi connectivity index (χ2n) is 6.02. The summed E-state index contributed by atoms with van der Waals surface area (Å²) in [5.41, 5.74) is 6.91. The Bertz CT molecular complexity index is 496. The van der Waals surface area contributed by atoms with Gasteiger partial charge < -0.3 is 25.6 Å². The van der Waals surface area contributed by atoms with Crippen LogP contribution in [-0.2, 0) is 11.3 Å². The molecule has 23 heavy (non-hydrogen) atoms. The molecule has 2 rings (SSSR count). The molecular formula is C16H28N6O. The number of rotatable bonds is 6. The summed E-state index contributed by atoms with van der Waals surface area (Å²) >= 11 is 0. The van der Waals surface area contributed by atoms with Crippen LogP contribution in [0.4, 0.5) is 5.82 Å². The van der Waals surface area contributed by atoms with Crippen LogP contribution in [-0.4, -0.2) is 68.8 Å². The minimum absolute atomic E-state index is 0.140.